The zero-order valence-corrected chi connectivity index (χ0v) is 16.6. The van der Waals surface area contributed by atoms with E-state index in [0.717, 1.165) is 9.88 Å². The molecule has 140 valence electrons. The van der Waals surface area contributed by atoms with Crippen LogP contribution >= 0.6 is 22.7 Å². The number of nitrogens with one attached hydrogen (secondary N) is 1. The number of benzene rings is 1. The molecule has 3 rings (SSSR count). The van der Waals surface area contributed by atoms with Crippen LogP contribution in [0.5, 0.6) is 5.75 Å². The van der Waals surface area contributed by atoms with Crippen molar-refractivity contribution in [1.29, 1.82) is 0 Å². The minimum atomic E-state index is -0.260. The van der Waals surface area contributed by atoms with Gasteiger partial charge in [-0.05, 0) is 42.6 Å². The maximum atomic E-state index is 12.7. The van der Waals surface area contributed by atoms with Gasteiger partial charge >= 0.3 is 0 Å². The van der Waals surface area contributed by atoms with Gasteiger partial charge in [-0.3, -0.25) is 9.59 Å². The molecule has 0 atom stereocenters. The van der Waals surface area contributed by atoms with E-state index in [1.54, 1.807) is 48.1 Å². The fourth-order valence-corrected chi connectivity index (χ4v) is 4.03. The Labute approximate surface area is 165 Å². The summed E-state index contributed by atoms with van der Waals surface area (Å²) in [6, 6.07) is 11.0. The van der Waals surface area contributed by atoms with E-state index in [4.69, 9.17) is 4.74 Å². The highest BCUT2D eigenvalue weighted by Gasteiger charge is 2.20. The number of carbonyl (C=O) groups is 2. The lowest BCUT2D eigenvalue weighted by atomic mass is 10.3. The number of rotatable bonds is 7. The molecule has 2 aromatic heterocycles. The highest BCUT2D eigenvalue weighted by Crippen LogP contribution is 2.28. The molecule has 2 amide bonds. The van der Waals surface area contributed by atoms with Gasteiger partial charge in [-0.1, -0.05) is 6.07 Å². The fourth-order valence-electron chi connectivity index (χ4n) is 2.42. The number of carbonyl (C=O) groups excluding carboxylic acids is 2. The smallest absolute Gasteiger partial charge is 0.273 e. The molecular formula is C19H19N3O3S2. The molecule has 1 aromatic carbocycles. The van der Waals surface area contributed by atoms with E-state index in [1.165, 1.54) is 16.2 Å². The third-order valence-corrected chi connectivity index (χ3v) is 5.71. The standard InChI is InChI=1S/C19H19N3O3S2/c1-3-22(11-17(23)20-13-6-8-14(25-2)9-7-13)19(24)15-12-27-18(21-15)16-5-4-10-26-16/h4-10,12H,3,11H2,1-2H3,(H,20,23). The van der Waals surface area contributed by atoms with Crippen LogP contribution in [0.15, 0.2) is 47.2 Å². The molecule has 0 spiro atoms. The Kier molecular flexibility index (Phi) is 6.20. The molecule has 0 aliphatic rings. The summed E-state index contributed by atoms with van der Waals surface area (Å²) in [5.41, 5.74) is 1.01. The zero-order valence-electron chi connectivity index (χ0n) is 15.0. The molecule has 0 bridgehead atoms. The van der Waals surface area contributed by atoms with E-state index in [2.05, 4.69) is 10.3 Å². The Hall–Kier alpha value is -2.71. The number of likely N-dealkylation sites (N-methyl/N-ethyl adjacent to an activating group) is 1. The number of nitrogens with zero attached hydrogens (tertiary/aromatic N) is 2. The minimum absolute atomic E-state index is 0.0345. The number of ether oxygens (including phenoxy) is 1. The van der Waals surface area contributed by atoms with Crippen LogP contribution in [0.25, 0.3) is 9.88 Å². The van der Waals surface area contributed by atoms with Gasteiger partial charge in [-0.25, -0.2) is 4.98 Å². The highest BCUT2D eigenvalue weighted by atomic mass is 32.1. The first-order valence-electron chi connectivity index (χ1n) is 8.33. The number of hydrogen-bond donors (Lipinski definition) is 1. The Balaban J connectivity index is 1.63. The summed E-state index contributed by atoms with van der Waals surface area (Å²) in [6.45, 7) is 2.22. The molecule has 6 nitrogen and oxygen atoms in total. The van der Waals surface area contributed by atoms with E-state index in [-0.39, 0.29) is 18.4 Å². The SMILES string of the molecule is CCN(CC(=O)Nc1ccc(OC)cc1)C(=O)c1csc(-c2cccs2)n1. The third-order valence-electron chi connectivity index (χ3n) is 3.83. The van der Waals surface area contributed by atoms with Crippen molar-refractivity contribution >= 4 is 40.2 Å². The van der Waals surface area contributed by atoms with Crippen molar-refractivity contribution in [2.24, 2.45) is 0 Å². The van der Waals surface area contributed by atoms with Crippen molar-refractivity contribution in [2.75, 3.05) is 25.5 Å². The number of amides is 2. The lowest BCUT2D eigenvalue weighted by molar-refractivity contribution is -0.116. The molecule has 2 heterocycles. The molecule has 0 radical (unpaired) electrons. The second-order valence-corrected chi connectivity index (χ2v) is 7.42. The van der Waals surface area contributed by atoms with Crippen molar-refractivity contribution in [1.82, 2.24) is 9.88 Å². The molecule has 1 N–H and O–H groups in total. The molecule has 0 unspecified atom stereocenters. The average Bonchev–Trinajstić information content (AvgIpc) is 3.37. The predicted molar refractivity (Wildman–Crippen MR) is 109 cm³/mol. The Bertz CT molecular complexity index is 905. The van der Waals surface area contributed by atoms with Gasteiger partial charge in [-0.2, -0.15) is 0 Å². The lowest BCUT2D eigenvalue weighted by Crippen LogP contribution is -2.38. The molecule has 0 aliphatic heterocycles. The van der Waals surface area contributed by atoms with Crippen molar-refractivity contribution in [2.45, 2.75) is 6.92 Å². The first-order chi connectivity index (χ1) is 13.1. The van der Waals surface area contributed by atoms with E-state index in [0.29, 0.717) is 23.7 Å². The molecule has 3 aromatic rings. The van der Waals surface area contributed by atoms with Gasteiger partial charge in [0.2, 0.25) is 5.91 Å². The van der Waals surface area contributed by atoms with E-state index < -0.39 is 0 Å². The molecule has 0 aliphatic carbocycles. The van der Waals surface area contributed by atoms with Crippen molar-refractivity contribution in [3.63, 3.8) is 0 Å². The first-order valence-corrected chi connectivity index (χ1v) is 10.1. The van der Waals surface area contributed by atoms with Crippen molar-refractivity contribution in [3.8, 4) is 15.6 Å². The van der Waals surface area contributed by atoms with Crippen LogP contribution < -0.4 is 10.1 Å². The fraction of sp³-hybridized carbons (Fsp3) is 0.211. The number of methoxy groups -OCH3 is 1. The summed E-state index contributed by atoms with van der Waals surface area (Å²) >= 11 is 3.01. The summed E-state index contributed by atoms with van der Waals surface area (Å²) < 4.78 is 5.09. The molecule has 0 fully saturated rings. The Morgan fingerprint density at radius 2 is 1.96 bits per heavy atom. The molecule has 0 saturated carbocycles. The molecule has 0 saturated heterocycles. The first kappa shape index (κ1) is 19.1. The zero-order chi connectivity index (χ0) is 19.2. The number of thiazole rings is 1. The third kappa shape index (κ3) is 4.72. The summed E-state index contributed by atoms with van der Waals surface area (Å²) in [4.78, 5) is 31.9. The summed E-state index contributed by atoms with van der Waals surface area (Å²) in [7, 11) is 1.58. The van der Waals surface area contributed by atoms with Crippen LogP contribution in [0.1, 0.15) is 17.4 Å². The topological polar surface area (TPSA) is 71.5 Å². The van der Waals surface area contributed by atoms with Gasteiger partial charge in [0, 0.05) is 17.6 Å². The van der Waals surface area contributed by atoms with E-state index >= 15 is 0 Å². The monoisotopic (exact) mass is 401 g/mol. The van der Waals surface area contributed by atoms with Crippen LogP contribution in [-0.4, -0.2) is 41.9 Å². The van der Waals surface area contributed by atoms with Crippen molar-refractivity contribution in [3.05, 3.63) is 52.9 Å². The van der Waals surface area contributed by atoms with Gasteiger partial charge < -0.3 is 15.0 Å². The predicted octanol–water partition coefficient (Wildman–Crippen LogP) is 3.98. The molecule has 8 heteroatoms. The maximum absolute atomic E-state index is 12.7. The normalized spacial score (nSPS) is 10.4. The number of aromatic nitrogens is 1. The van der Waals surface area contributed by atoms with E-state index in [9.17, 15) is 9.59 Å². The summed E-state index contributed by atoms with van der Waals surface area (Å²) in [5, 5.41) is 7.31. The van der Waals surface area contributed by atoms with Gasteiger partial charge in [0.1, 0.15) is 23.0 Å². The number of hydrogen-bond acceptors (Lipinski definition) is 6. The number of anilines is 1. The summed E-state index contributed by atoms with van der Waals surface area (Å²) in [5.74, 6) is 0.203. The molecule has 27 heavy (non-hydrogen) atoms. The Morgan fingerprint density at radius 1 is 1.19 bits per heavy atom. The van der Waals surface area contributed by atoms with Crippen LogP contribution in [0.2, 0.25) is 0 Å². The van der Waals surface area contributed by atoms with Crippen LogP contribution in [0.3, 0.4) is 0 Å². The van der Waals surface area contributed by atoms with Gasteiger partial charge in [0.25, 0.3) is 5.91 Å². The lowest BCUT2D eigenvalue weighted by Gasteiger charge is -2.19. The highest BCUT2D eigenvalue weighted by molar-refractivity contribution is 7.20. The van der Waals surface area contributed by atoms with E-state index in [1.807, 2.05) is 24.4 Å². The van der Waals surface area contributed by atoms with Crippen LogP contribution in [0.4, 0.5) is 5.69 Å². The van der Waals surface area contributed by atoms with Crippen LogP contribution in [0, 0.1) is 0 Å². The maximum Gasteiger partial charge on any atom is 0.273 e. The van der Waals surface area contributed by atoms with Crippen LogP contribution in [-0.2, 0) is 4.79 Å². The quantitative estimate of drug-likeness (QED) is 0.650. The summed E-state index contributed by atoms with van der Waals surface area (Å²) in [6.07, 6.45) is 0. The number of thiophene rings is 1. The Morgan fingerprint density at radius 3 is 2.59 bits per heavy atom. The average molecular weight is 402 g/mol. The van der Waals surface area contributed by atoms with Gasteiger partial charge in [0.15, 0.2) is 0 Å². The second-order valence-electron chi connectivity index (χ2n) is 5.61. The minimum Gasteiger partial charge on any atom is -0.497 e. The second kappa shape index (κ2) is 8.79. The van der Waals surface area contributed by atoms with Gasteiger partial charge in [0.05, 0.1) is 12.0 Å². The van der Waals surface area contributed by atoms with Gasteiger partial charge in [-0.15, -0.1) is 22.7 Å². The van der Waals surface area contributed by atoms with Crippen molar-refractivity contribution < 1.29 is 14.3 Å². The molecular weight excluding hydrogens is 382 g/mol. The largest absolute Gasteiger partial charge is 0.497 e.